The number of nitrogens with zero attached hydrogens (tertiary/aromatic N) is 2. The topological polar surface area (TPSA) is 27.1 Å². The van der Waals surface area contributed by atoms with Crippen molar-refractivity contribution < 1.29 is 13.5 Å². The van der Waals surface area contributed by atoms with Gasteiger partial charge in [-0.3, -0.25) is 0 Å². The third-order valence-corrected chi connectivity index (χ3v) is 3.20. The molecule has 2 rings (SSSR count). The van der Waals surface area contributed by atoms with Crippen LogP contribution in [0.3, 0.4) is 0 Å². The van der Waals surface area contributed by atoms with E-state index in [1.807, 2.05) is 17.7 Å². The van der Waals surface area contributed by atoms with E-state index >= 15 is 0 Å². The molecule has 96 valence electrons. The Morgan fingerprint density at radius 1 is 1.59 bits per heavy atom. The minimum absolute atomic E-state index is 0.00743. The fourth-order valence-corrected chi connectivity index (χ4v) is 2.23. The highest BCUT2D eigenvalue weighted by molar-refractivity contribution is 4.88. The number of ether oxygens (including phenoxy) is 1. The van der Waals surface area contributed by atoms with Crippen molar-refractivity contribution in [1.29, 1.82) is 0 Å². The Labute approximate surface area is 99.8 Å². The van der Waals surface area contributed by atoms with Crippen molar-refractivity contribution in [3.05, 3.63) is 18.2 Å². The molecule has 1 aliphatic carbocycles. The average Bonchev–Trinajstić information content (AvgIpc) is 2.63. The number of halogens is 2. The van der Waals surface area contributed by atoms with Crippen LogP contribution < -0.4 is 0 Å². The van der Waals surface area contributed by atoms with Crippen LogP contribution in [0.2, 0.25) is 0 Å². The summed E-state index contributed by atoms with van der Waals surface area (Å²) in [6, 6.07) is 0. The van der Waals surface area contributed by atoms with Crippen LogP contribution in [-0.2, 0) is 11.3 Å². The quantitative estimate of drug-likeness (QED) is 0.814. The number of aryl methyl sites for hydroxylation is 1. The van der Waals surface area contributed by atoms with Gasteiger partial charge in [-0.1, -0.05) is 0 Å². The summed E-state index contributed by atoms with van der Waals surface area (Å²) in [5.41, 5.74) is 0. The lowest BCUT2D eigenvalue weighted by Gasteiger charge is -2.28. The number of rotatable bonds is 4. The van der Waals surface area contributed by atoms with Gasteiger partial charge in [-0.05, 0) is 19.8 Å². The molecule has 0 radical (unpaired) electrons. The third kappa shape index (κ3) is 3.49. The van der Waals surface area contributed by atoms with Crippen molar-refractivity contribution in [3.8, 4) is 0 Å². The Kier molecular flexibility index (Phi) is 3.76. The van der Waals surface area contributed by atoms with Crippen LogP contribution in [0.1, 0.15) is 31.5 Å². The molecule has 1 aliphatic rings. The second kappa shape index (κ2) is 5.12. The molecule has 17 heavy (non-hydrogen) atoms. The SMILES string of the molecule is Cc1nccn1CCO[C@@H]1CCCC(F)(F)C1. The second-order valence-corrected chi connectivity index (χ2v) is 4.61. The molecule has 0 amide bonds. The van der Waals surface area contributed by atoms with Crippen LogP contribution in [0, 0.1) is 6.92 Å². The summed E-state index contributed by atoms with van der Waals surface area (Å²) in [5.74, 6) is -1.61. The van der Waals surface area contributed by atoms with Crippen molar-refractivity contribution in [2.24, 2.45) is 0 Å². The summed E-state index contributed by atoms with van der Waals surface area (Å²) >= 11 is 0. The summed E-state index contributed by atoms with van der Waals surface area (Å²) in [6.45, 7) is 3.06. The first-order valence-corrected chi connectivity index (χ1v) is 6.04. The predicted octanol–water partition coefficient (Wildman–Crippen LogP) is 2.79. The maximum Gasteiger partial charge on any atom is 0.250 e. The highest BCUT2D eigenvalue weighted by atomic mass is 19.3. The van der Waals surface area contributed by atoms with E-state index in [2.05, 4.69) is 4.98 Å². The normalized spacial score (nSPS) is 23.8. The molecule has 3 nitrogen and oxygen atoms in total. The fraction of sp³-hybridized carbons (Fsp3) is 0.750. The van der Waals surface area contributed by atoms with E-state index in [1.165, 1.54) is 0 Å². The molecular weight excluding hydrogens is 226 g/mol. The Bertz CT molecular complexity index is 365. The Hall–Kier alpha value is -0.970. The van der Waals surface area contributed by atoms with Crippen LogP contribution in [0.15, 0.2) is 12.4 Å². The highest BCUT2D eigenvalue weighted by Crippen LogP contribution is 2.34. The van der Waals surface area contributed by atoms with Crippen molar-refractivity contribution in [2.45, 2.75) is 51.2 Å². The van der Waals surface area contributed by atoms with Gasteiger partial charge < -0.3 is 9.30 Å². The van der Waals surface area contributed by atoms with E-state index in [0.29, 0.717) is 19.6 Å². The molecule has 0 N–H and O–H groups in total. The van der Waals surface area contributed by atoms with Crippen LogP contribution in [0.4, 0.5) is 8.78 Å². The monoisotopic (exact) mass is 244 g/mol. The van der Waals surface area contributed by atoms with Crippen molar-refractivity contribution >= 4 is 0 Å². The third-order valence-electron chi connectivity index (χ3n) is 3.20. The summed E-state index contributed by atoms with van der Waals surface area (Å²) in [4.78, 5) is 4.09. The first kappa shape index (κ1) is 12.5. The van der Waals surface area contributed by atoms with Crippen LogP contribution in [-0.4, -0.2) is 28.2 Å². The Balaban J connectivity index is 1.74. The van der Waals surface area contributed by atoms with Gasteiger partial charge in [0.2, 0.25) is 0 Å². The number of imidazole rings is 1. The molecule has 0 spiro atoms. The lowest BCUT2D eigenvalue weighted by molar-refractivity contribution is -0.0973. The van der Waals surface area contributed by atoms with E-state index in [0.717, 1.165) is 12.2 Å². The van der Waals surface area contributed by atoms with Gasteiger partial charge in [0.25, 0.3) is 5.92 Å². The molecule has 1 heterocycles. The van der Waals surface area contributed by atoms with Crippen LogP contribution >= 0.6 is 0 Å². The number of aromatic nitrogens is 2. The molecular formula is C12H18F2N2O. The molecule has 0 aliphatic heterocycles. The molecule has 1 aromatic rings. The summed E-state index contributed by atoms with van der Waals surface area (Å²) < 4.78 is 33.7. The standard InChI is InChI=1S/C12H18F2N2O/c1-10-15-5-6-16(10)7-8-17-11-3-2-4-12(13,14)9-11/h5-6,11H,2-4,7-9H2,1H3/t11-/m1/s1. The molecule has 0 saturated heterocycles. The number of hydrogen-bond donors (Lipinski definition) is 0. The van der Waals surface area contributed by atoms with Gasteiger partial charge >= 0.3 is 0 Å². The van der Waals surface area contributed by atoms with E-state index in [1.54, 1.807) is 6.20 Å². The van der Waals surface area contributed by atoms with Gasteiger partial charge in [0.1, 0.15) is 5.82 Å². The highest BCUT2D eigenvalue weighted by Gasteiger charge is 2.36. The molecule has 1 saturated carbocycles. The second-order valence-electron chi connectivity index (χ2n) is 4.61. The van der Waals surface area contributed by atoms with E-state index < -0.39 is 5.92 Å². The van der Waals surface area contributed by atoms with E-state index in [-0.39, 0.29) is 18.9 Å². The van der Waals surface area contributed by atoms with Crippen LogP contribution in [0.25, 0.3) is 0 Å². The lowest BCUT2D eigenvalue weighted by atomic mass is 9.94. The smallest absolute Gasteiger partial charge is 0.250 e. The van der Waals surface area contributed by atoms with Crippen molar-refractivity contribution in [1.82, 2.24) is 9.55 Å². The van der Waals surface area contributed by atoms with Gasteiger partial charge in [0, 0.05) is 31.8 Å². The average molecular weight is 244 g/mol. The molecule has 0 bridgehead atoms. The van der Waals surface area contributed by atoms with E-state index in [9.17, 15) is 8.78 Å². The Morgan fingerprint density at radius 3 is 3.06 bits per heavy atom. The van der Waals surface area contributed by atoms with Gasteiger partial charge in [-0.2, -0.15) is 0 Å². The summed E-state index contributed by atoms with van der Waals surface area (Å²) in [7, 11) is 0. The van der Waals surface area contributed by atoms with Crippen LogP contribution in [0.5, 0.6) is 0 Å². The zero-order valence-corrected chi connectivity index (χ0v) is 10.0. The molecule has 5 heteroatoms. The van der Waals surface area contributed by atoms with Crippen molar-refractivity contribution in [3.63, 3.8) is 0 Å². The number of alkyl halides is 2. The number of hydrogen-bond acceptors (Lipinski definition) is 2. The maximum atomic E-state index is 13.1. The molecule has 1 aromatic heterocycles. The predicted molar refractivity (Wildman–Crippen MR) is 60.1 cm³/mol. The lowest BCUT2D eigenvalue weighted by Crippen LogP contribution is -2.31. The van der Waals surface area contributed by atoms with Gasteiger partial charge in [0.15, 0.2) is 0 Å². The maximum absolute atomic E-state index is 13.1. The van der Waals surface area contributed by atoms with E-state index in [4.69, 9.17) is 4.74 Å². The van der Waals surface area contributed by atoms with Gasteiger partial charge in [0.05, 0.1) is 12.7 Å². The summed E-state index contributed by atoms with van der Waals surface area (Å²) in [6.07, 6.45) is 4.49. The molecule has 1 atom stereocenters. The van der Waals surface area contributed by atoms with Crippen molar-refractivity contribution in [2.75, 3.05) is 6.61 Å². The molecule has 0 unspecified atom stereocenters. The molecule has 0 aromatic carbocycles. The largest absolute Gasteiger partial charge is 0.376 e. The fourth-order valence-electron chi connectivity index (χ4n) is 2.23. The first-order valence-electron chi connectivity index (χ1n) is 6.04. The summed E-state index contributed by atoms with van der Waals surface area (Å²) in [5, 5.41) is 0. The minimum Gasteiger partial charge on any atom is -0.376 e. The minimum atomic E-state index is -2.53. The molecule has 1 fully saturated rings. The Morgan fingerprint density at radius 2 is 2.41 bits per heavy atom. The zero-order valence-electron chi connectivity index (χ0n) is 10.0. The zero-order chi connectivity index (χ0) is 12.3. The van der Waals surface area contributed by atoms with Gasteiger partial charge in [-0.25, -0.2) is 13.8 Å². The van der Waals surface area contributed by atoms with Gasteiger partial charge in [-0.15, -0.1) is 0 Å². The first-order chi connectivity index (χ1) is 8.07.